The standard InChI is InChI=1S/C13H14N2O7/c16-11(14-9(13(19)20)5-6-12(17)18)7-8-3-1-2-4-10(8)15(21)22/h1-4,9H,5-7H2,(H,14,16)(H,17,18)(H,19,20). The SMILES string of the molecule is O=C(O)CCC(NC(=O)Cc1ccccc1[N+](=O)[O-])C(=O)O. The van der Waals surface area contributed by atoms with Gasteiger partial charge < -0.3 is 15.5 Å². The molecule has 22 heavy (non-hydrogen) atoms. The molecule has 0 aromatic heterocycles. The molecule has 118 valence electrons. The van der Waals surface area contributed by atoms with Crippen molar-refractivity contribution in [1.29, 1.82) is 0 Å². The van der Waals surface area contributed by atoms with E-state index in [1.165, 1.54) is 24.3 Å². The van der Waals surface area contributed by atoms with Crippen LogP contribution in [-0.4, -0.2) is 39.0 Å². The average molecular weight is 310 g/mol. The van der Waals surface area contributed by atoms with Gasteiger partial charge in [-0.15, -0.1) is 0 Å². The number of carboxylic acid groups (broad SMARTS) is 2. The van der Waals surface area contributed by atoms with Crippen molar-refractivity contribution in [3.05, 3.63) is 39.9 Å². The first kappa shape index (κ1) is 17.1. The first-order chi connectivity index (χ1) is 10.3. The zero-order chi connectivity index (χ0) is 16.7. The van der Waals surface area contributed by atoms with Crippen molar-refractivity contribution in [2.45, 2.75) is 25.3 Å². The number of para-hydroxylation sites is 1. The number of nitrogens with zero attached hydrogens (tertiary/aromatic N) is 1. The zero-order valence-corrected chi connectivity index (χ0v) is 11.4. The Morgan fingerprint density at radius 2 is 1.86 bits per heavy atom. The summed E-state index contributed by atoms with van der Waals surface area (Å²) in [7, 11) is 0. The van der Waals surface area contributed by atoms with E-state index in [1.54, 1.807) is 0 Å². The summed E-state index contributed by atoms with van der Waals surface area (Å²) in [5.41, 5.74) is -0.0950. The minimum atomic E-state index is -1.36. The number of nitrogens with one attached hydrogen (secondary N) is 1. The van der Waals surface area contributed by atoms with Gasteiger partial charge >= 0.3 is 11.9 Å². The molecule has 1 atom stereocenters. The third kappa shape index (κ3) is 5.19. The molecule has 0 aliphatic heterocycles. The smallest absolute Gasteiger partial charge is 0.326 e. The Morgan fingerprint density at radius 3 is 2.41 bits per heavy atom. The van der Waals surface area contributed by atoms with E-state index in [9.17, 15) is 24.5 Å². The Morgan fingerprint density at radius 1 is 1.23 bits per heavy atom. The summed E-state index contributed by atoms with van der Waals surface area (Å²) in [5.74, 6) is -3.27. The Balaban J connectivity index is 2.74. The van der Waals surface area contributed by atoms with Crippen LogP contribution in [0.2, 0.25) is 0 Å². The molecule has 0 saturated heterocycles. The molecular formula is C13H14N2O7. The molecule has 3 N–H and O–H groups in total. The Labute approximate surface area is 124 Å². The largest absolute Gasteiger partial charge is 0.481 e. The quantitative estimate of drug-likeness (QED) is 0.469. The number of hydrogen-bond donors (Lipinski definition) is 3. The van der Waals surface area contributed by atoms with Gasteiger partial charge in [-0.2, -0.15) is 0 Å². The lowest BCUT2D eigenvalue weighted by molar-refractivity contribution is -0.385. The lowest BCUT2D eigenvalue weighted by Gasteiger charge is -2.13. The van der Waals surface area contributed by atoms with Crippen molar-refractivity contribution in [2.24, 2.45) is 0 Å². The van der Waals surface area contributed by atoms with Crippen LogP contribution in [0.4, 0.5) is 5.69 Å². The minimum absolute atomic E-state index is 0.146. The number of aliphatic carboxylic acids is 2. The van der Waals surface area contributed by atoms with Crippen LogP contribution >= 0.6 is 0 Å². The highest BCUT2D eigenvalue weighted by atomic mass is 16.6. The summed E-state index contributed by atoms with van der Waals surface area (Å²) >= 11 is 0. The first-order valence-corrected chi connectivity index (χ1v) is 6.27. The number of amides is 1. The molecular weight excluding hydrogens is 296 g/mol. The molecule has 1 amide bonds. The number of carboxylic acids is 2. The number of carbonyl (C=O) groups is 3. The number of hydrogen-bond acceptors (Lipinski definition) is 5. The highest BCUT2D eigenvalue weighted by Crippen LogP contribution is 2.18. The molecule has 0 radical (unpaired) electrons. The van der Waals surface area contributed by atoms with Crippen LogP contribution in [0.5, 0.6) is 0 Å². The maximum atomic E-state index is 11.8. The summed E-state index contributed by atoms with van der Waals surface area (Å²) < 4.78 is 0. The van der Waals surface area contributed by atoms with Gasteiger partial charge in [0.1, 0.15) is 6.04 Å². The van der Waals surface area contributed by atoms with Crippen molar-refractivity contribution < 1.29 is 29.5 Å². The highest BCUT2D eigenvalue weighted by Gasteiger charge is 2.22. The summed E-state index contributed by atoms with van der Waals surface area (Å²) in [4.78, 5) is 43.4. The lowest BCUT2D eigenvalue weighted by atomic mass is 10.1. The fourth-order valence-corrected chi connectivity index (χ4v) is 1.78. The molecule has 0 heterocycles. The molecule has 0 fully saturated rings. The third-order valence-electron chi connectivity index (χ3n) is 2.82. The molecule has 9 heteroatoms. The second-order valence-corrected chi connectivity index (χ2v) is 4.45. The Hall–Kier alpha value is -2.97. The predicted octanol–water partition coefficient (Wildman–Crippen LogP) is 0.571. The fourth-order valence-electron chi connectivity index (χ4n) is 1.78. The van der Waals surface area contributed by atoms with E-state index in [1.807, 2.05) is 0 Å². The van der Waals surface area contributed by atoms with Crippen LogP contribution in [0, 0.1) is 10.1 Å². The molecule has 0 aliphatic rings. The maximum Gasteiger partial charge on any atom is 0.326 e. The van der Waals surface area contributed by atoms with Crippen LogP contribution in [0.1, 0.15) is 18.4 Å². The van der Waals surface area contributed by atoms with Crippen LogP contribution in [0.15, 0.2) is 24.3 Å². The molecule has 9 nitrogen and oxygen atoms in total. The number of nitro groups is 1. The van der Waals surface area contributed by atoms with Gasteiger partial charge in [-0.3, -0.25) is 19.7 Å². The van der Waals surface area contributed by atoms with E-state index in [0.717, 1.165) is 0 Å². The van der Waals surface area contributed by atoms with Gasteiger partial charge in [-0.25, -0.2) is 4.79 Å². The van der Waals surface area contributed by atoms with E-state index in [0.29, 0.717) is 0 Å². The molecule has 1 aromatic carbocycles. The molecule has 1 unspecified atom stereocenters. The normalized spacial score (nSPS) is 11.5. The number of nitro benzene ring substituents is 1. The lowest BCUT2D eigenvalue weighted by Crippen LogP contribution is -2.41. The number of rotatable bonds is 8. The van der Waals surface area contributed by atoms with Crippen LogP contribution in [-0.2, 0) is 20.8 Å². The van der Waals surface area contributed by atoms with Gasteiger partial charge in [-0.1, -0.05) is 18.2 Å². The van der Waals surface area contributed by atoms with Crippen LogP contribution in [0.3, 0.4) is 0 Å². The summed E-state index contributed by atoms with van der Waals surface area (Å²) in [5, 5.41) is 30.4. The average Bonchev–Trinajstić information content (AvgIpc) is 2.43. The Kier molecular flexibility index (Phi) is 5.99. The van der Waals surface area contributed by atoms with Crippen LogP contribution in [0.25, 0.3) is 0 Å². The van der Waals surface area contributed by atoms with Gasteiger partial charge in [0.2, 0.25) is 5.91 Å². The van der Waals surface area contributed by atoms with E-state index in [2.05, 4.69) is 5.32 Å². The number of carbonyl (C=O) groups excluding carboxylic acids is 1. The fraction of sp³-hybridized carbons (Fsp3) is 0.308. The summed E-state index contributed by atoms with van der Waals surface area (Å²) in [6.45, 7) is 0. The third-order valence-corrected chi connectivity index (χ3v) is 2.82. The highest BCUT2D eigenvalue weighted by molar-refractivity contribution is 5.85. The van der Waals surface area contributed by atoms with Crippen molar-refractivity contribution >= 4 is 23.5 Å². The van der Waals surface area contributed by atoms with Gasteiger partial charge in [0.15, 0.2) is 0 Å². The minimum Gasteiger partial charge on any atom is -0.481 e. The Bertz CT molecular complexity index is 600. The van der Waals surface area contributed by atoms with E-state index >= 15 is 0 Å². The monoisotopic (exact) mass is 310 g/mol. The molecule has 0 spiro atoms. The van der Waals surface area contributed by atoms with Gasteiger partial charge in [-0.05, 0) is 6.42 Å². The predicted molar refractivity (Wildman–Crippen MR) is 73.2 cm³/mol. The van der Waals surface area contributed by atoms with Crippen molar-refractivity contribution in [3.63, 3.8) is 0 Å². The van der Waals surface area contributed by atoms with E-state index < -0.39 is 35.2 Å². The zero-order valence-electron chi connectivity index (χ0n) is 11.4. The topological polar surface area (TPSA) is 147 Å². The molecule has 0 saturated carbocycles. The molecule has 1 aromatic rings. The number of benzene rings is 1. The van der Waals surface area contributed by atoms with Crippen LogP contribution < -0.4 is 5.32 Å². The summed E-state index contributed by atoms with van der Waals surface area (Å²) in [6.07, 6.45) is -1.05. The van der Waals surface area contributed by atoms with E-state index in [-0.39, 0.29) is 24.1 Å². The molecule has 1 rings (SSSR count). The molecule has 0 aliphatic carbocycles. The second-order valence-electron chi connectivity index (χ2n) is 4.45. The van der Waals surface area contributed by atoms with Crippen molar-refractivity contribution in [2.75, 3.05) is 0 Å². The van der Waals surface area contributed by atoms with E-state index in [4.69, 9.17) is 10.2 Å². The van der Waals surface area contributed by atoms with Gasteiger partial charge in [0.05, 0.1) is 11.3 Å². The van der Waals surface area contributed by atoms with Crippen molar-refractivity contribution in [3.8, 4) is 0 Å². The van der Waals surface area contributed by atoms with Gasteiger partial charge in [0.25, 0.3) is 5.69 Å². The summed E-state index contributed by atoms with van der Waals surface area (Å²) in [6, 6.07) is 4.25. The molecule has 0 bridgehead atoms. The second kappa shape index (κ2) is 7.72. The van der Waals surface area contributed by atoms with Gasteiger partial charge in [0, 0.05) is 18.1 Å². The maximum absolute atomic E-state index is 11.8. The first-order valence-electron chi connectivity index (χ1n) is 6.27. The van der Waals surface area contributed by atoms with Crippen molar-refractivity contribution in [1.82, 2.24) is 5.32 Å².